The van der Waals surface area contributed by atoms with Gasteiger partial charge in [-0.3, -0.25) is 19.2 Å². The SMILES string of the molecule is CC(=O)c1sc(NC(=O)CCCCCCCCC(=O)Nc2nc(-c3ccccc3)c(C(C)=O)s2)nc1-c1ccccc1. The summed E-state index contributed by atoms with van der Waals surface area (Å²) in [6, 6.07) is 19.0. The number of nitrogens with zero attached hydrogens (tertiary/aromatic N) is 2. The Morgan fingerprint density at radius 1 is 0.571 bits per heavy atom. The molecule has 0 spiro atoms. The van der Waals surface area contributed by atoms with Gasteiger partial charge in [-0.2, -0.15) is 0 Å². The zero-order valence-electron chi connectivity index (χ0n) is 23.8. The lowest BCUT2D eigenvalue weighted by atomic mass is 10.1. The maximum Gasteiger partial charge on any atom is 0.226 e. The minimum absolute atomic E-state index is 0.0770. The van der Waals surface area contributed by atoms with Crippen LogP contribution in [0.15, 0.2) is 60.7 Å². The van der Waals surface area contributed by atoms with Crippen molar-refractivity contribution in [2.45, 2.75) is 65.2 Å². The number of carbonyl (C=O) groups is 4. The van der Waals surface area contributed by atoms with E-state index in [0.29, 0.717) is 44.2 Å². The van der Waals surface area contributed by atoms with Crippen LogP contribution < -0.4 is 10.6 Å². The average Bonchev–Trinajstić information content (AvgIpc) is 3.60. The molecule has 0 fully saturated rings. The Morgan fingerprint density at radius 2 is 0.929 bits per heavy atom. The molecule has 2 amide bonds. The summed E-state index contributed by atoms with van der Waals surface area (Å²) in [6.07, 6.45) is 6.09. The normalized spacial score (nSPS) is 10.8. The van der Waals surface area contributed by atoms with E-state index in [1.54, 1.807) is 0 Å². The summed E-state index contributed by atoms with van der Waals surface area (Å²) in [6.45, 7) is 3.01. The molecule has 10 heteroatoms. The molecule has 4 aromatic rings. The van der Waals surface area contributed by atoms with Gasteiger partial charge in [-0.15, -0.1) is 0 Å². The molecule has 2 heterocycles. The fourth-order valence-electron chi connectivity index (χ4n) is 4.45. The van der Waals surface area contributed by atoms with Gasteiger partial charge in [-0.1, -0.05) is 109 Å². The number of amides is 2. The fraction of sp³-hybridized carbons (Fsp3) is 0.312. The topological polar surface area (TPSA) is 118 Å². The van der Waals surface area contributed by atoms with Gasteiger partial charge in [-0.05, 0) is 12.8 Å². The third-order valence-corrected chi connectivity index (χ3v) is 8.68. The Balaban J connectivity index is 1.12. The van der Waals surface area contributed by atoms with E-state index >= 15 is 0 Å². The Hall–Kier alpha value is -4.02. The first-order valence-electron chi connectivity index (χ1n) is 14.1. The van der Waals surface area contributed by atoms with E-state index in [1.165, 1.54) is 36.5 Å². The third-order valence-electron chi connectivity index (χ3n) is 6.54. The van der Waals surface area contributed by atoms with Crippen LogP contribution in [0.1, 0.15) is 84.6 Å². The van der Waals surface area contributed by atoms with E-state index in [1.807, 2.05) is 60.7 Å². The lowest BCUT2D eigenvalue weighted by Crippen LogP contribution is -2.11. The largest absolute Gasteiger partial charge is 0.302 e. The third kappa shape index (κ3) is 8.74. The highest BCUT2D eigenvalue weighted by Gasteiger charge is 2.19. The van der Waals surface area contributed by atoms with Crippen molar-refractivity contribution in [1.29, 1.82) is 0 Å². The molecule has 0 unspecified atom stereocenters. The van der Waals surface area contributed by atoms with Crippen molar-refractivity contribution in [2.75, 3.05) is 10.6 Å². The molecule has 0 saturated carbocycles. The zero-order chi connectivity index (χ0) is 29.9. The van der Waals surface area contributed by atoms with Gasteiger partial charge in [0.25, 0.3) is 0 Å². The fourth-order valence-corrected chi connectivity index (χ4v) is 6.25. The minimum atomic E-state index is -0.110. The van der Waals surface area contributed by atoms with Crippen LogP contribution in [0.2, 0.25) is 0 Å². The number of rotatable bonds is 15. The number of anilines is 2. The van der Waals surface area contributed by atoms with Crippen molar-refractivity contribution < 1.29 is 19.2 Å². The van der Waals surface area contributed by atoms with Gasteiger partial charge >= 0.3 is 0 Å². The van der Waals surface area contributed by atoms with Gasteiger partial charge in [0.2, 0.25) is 11.8 Å². The van der Waals surface area contributed by atoms with Crippen LogP contribution in [0, 0.1) is 0 Å². The molecular formula is C32H34N4O4S2. The summed E-state index contributed by atoms with van der Waals surface area (Å²) in [5.74, 6) is -0.375. The Labute approximate surface area is 253 Å². The van der Waals surface area contributed by atoms with Crippen molar-refractivity contribution in [3.8, 4) is 22.5 Å². The Kier molecular flexibility index (Phi) is 11.2. The van der Waals surface area contributed by atoms with Crippen LogP contribution in [-0.4, -0.2) is 33.3 Å². The molecule has 2 N–H and O–H groups in total. The molecule has 0 bridgehead atoms. The highest BCUT2D eigenvalue weighted by molar-refractivity contribution is 7.18. The van der Waals surface area contributed by atoms with Crippen LogP contribution in [0.3, 0.4) is 0 Å². The lowest BCUT2D eigenvalue weighted by molar-refractivity contribution is -0.117. The van der Waals surface area contributed by atoms with E-state index in [4.69, 9.17) is 0 Å². The molecule has 2 aromatic heterocycles. The van der Waals surface area contributed by atoms with Crippen LogP contribution in [0.5, 0.6) is 0 Å². The van der Waals surface area contributed by atoms with E-state index in [2.05, 4.69) is 20.6 Å². The molecule has 0 atom stereocenters. The summed E-state index contributed by atoms with van der Waals surface area (Å²) in [4.78, 5) is 59.1. The standard InChI is InChI=1S/C32H34N4O4S2/c1-21(37)29-27(23-15-9-7-10-16-23)35-31(41-29)33-25(39)19-13-5-3-4-6-14-20-26(40)34-32-36-28(30(42-32)22(2)38)24-17-11-8-12-18-24/h7-12,15-18H,3-6,13-14,19-20H2,1-2H3,(H,33,35,39)(H,34,36,40). The van der Waals surface area contributed by atoms with Crippen molar-refractivity contribution in [1.82, 2.24) is 9.97 Å². The number of thiazole rings is 2. The van der Waals surface area contributed by atoms with Crippen LogP contribution in [0.4, 0.5) is 10.3 Å². The molecule has 4 rings (SSSR count). The molecule has 0 aliphatic rings. The smallest absolute Gasteiger partial charge is 0.226 e. The first kappa shape index (κ1) is 30.9. The van der Waals surface area contributed by atoms with Gasteiger partial charge < -0.3 is 10.6 Å². The Bertz CT molecular complexity index is 1410. The van der Waals surface area contributed by atoms with Crippen molar-refractivity contribution in [3.63, 3.8) is 0 Å². The predicted octanol–water partition coefficient (Wildman–Crippen LogP) is 8.04. The molecule has 2 aromatic carbocycles. The van der Waals surface area contributed by atoms with Crippen LogP contribution in [0.25, 0.3) is 22.5 Å². The number of carbonyl (C=O) groups excluding carboxylic acids is 4. The van der Waals surface area contributed by atoms with Crippen LogP contribution >= 0.6 is 22.7 Å². The van der Waals surface area contributed by atoms with E-state index in [-0.39, 0.29) is 23.4 Å². The average molecular weight is 603 g/mol. The quantitative estimate of drug-likeness (QED) is 0.105. The van der Waals surface area contributed by atoms with E-state index in [9.17, 15) is 19.2 Å². The number of aromatic nitrogens is 2. The maximum absolute atomic E-state index is 12.4. The first-order chi connectivity index (χ1) is 20.3. The molecule has 0 aliphatic carbocycles. The number of Topliss-reactive ketones (excluding diaryl/α,β-unsaturated/α-hetero) is 2. The van der Waals surface area contributed by atoms with Crippen molar-refractivity contribution >= 4 is 56.3 Å². The molecule has 218 valence electrons. The van der Waals surface area contributed by atoms with Gasteiger partial charge in [-0.25, -0.2) is 9.97 Å². The maximum atomic E-state index is 12.4. The van der Waals surface area contributed by atoms with Crippen molar-refractivity contribution in [3.05, 3.63) is 70.4 Å². The summed E-state index contributed by atoms with van der Waals surface area (Å²) in [7, 11) is 0. The number of unbranched alkanes of at least 4 members (excludes halogenated alkanes) is 5. The summed E-state index contributed by atoms with van der Waals surface area (Å²) in [5.41, 5.74) is 2.89. The number of ketones is 2. The number of nitrogens with one attached hydrogen (secondary N) is 2. The van der Waals surface area contributed by atoms with E-state index < -0.39 is 0 Å². The predicted molar refractivity (Wildman–Crippen MR) is 169 cm³/mol. The second-order valence-electron chi connectivity index (χ2n) is 9.96. The summed E-state index contributed by atoms with van der Waals surface area (Å²) >= 11 is 2.41. The van der Waals surface area contributed by atoms with Gasteiger partial charge in [0.15, 0.2) is 21.8 Å². The second kappa shape index (κ2) is 15.3. The number of hydrogen-bond acceptors (Lipinski definition) is 8. The van der Waals surface area contributed by atoms with Crippen molar-refractivity contribution in [2.24, 2.45) is 0 Å². The molecule has 42 heavy (non-hydrogen) atoms. The summed E-state index contributed by atoms with van der Waals surface area (Å²) < 4.78 is 0. The Morgan fingerprint density at radius 3 is 1.29 bits per heavy atom. The summed E-state index contributed by atoms with van der Waals surface area (Å²) in [5, 5.41) is 6.56. The van der Waals surface area contributed by atoms with E-state index in [0.717, 1.165) is 49.7 Å². The molecule has 0 radical (unpaired) electrons. The van der Waals surface area contributed by atoms with Gasteiger partial charge in [0.1, 0.15) is 0 Å². The molecule has 0 aliphatic heterocycles. The lowest BCUT2D eigenvalue weighted by Gasteiger charge is -2.04. The molecular weight excluding hydrogens is 569 g/mol. The minimum Gasteiger partial charge on any atom is -0.302 e. The second-order valence-corrected chi connectivity index (χ2v) is 12.0. The first-order valence-corrected chi connectivity index (χ1v) is 15.7. The molecule has 8 nitrogen and oxygen atoms in total. The van der Waals surface area contributed by atoms with Crippen LogP contribution in [-0.2, 0) is 9.59 Å². The van der Waals surface area contributed by atoms with Gasteiger partial charge in [0, 0.05) is 37.8 Å². The highest BCUT2D eigenvalue weighted by atomic mass is 32.1. The monoisotopic (exact) mass is 602 g/mol. The zero-order valence-corrected chi connectivity index (χ0v) is 25.4. The number of benzene rings is 2. The van der Waals surface area contributed by atoms with Gasteiger partial charge in [0.05, 0.1) is 21.1 Å². The number of hydrogen-bond donors (Lipinski definition) is 2. The highest BCUT2D eigenvalue weighted by Crippen LogP contribution is 2.33. The molecule has 0 saturated heterocycles.